The molecule has 1 unspecified atom stereocenters. The van der Waals surface area contributed by atoms with Gasteiger partial charge in [-0.05, 0) is 43.3 Å². The molecule has 1 aliphatic heterocycles. The SMILES string of the molecule is CC1Oc2ccc(-c3csc(NC(=O)c4cccc(F)c4)n3)cc2NC1=O. The first-order valence-electron chi connectivity index (χ1n) is 8.14. The summed E-state index contributed by atoms with van der Waals surface area (Å²) in [5, 5.41) is 7.63. The predicted molar refractivity (Wildman–Crippen MR) is 101 cm³/mol. The van der Waals surface area contributed by atoms with Crippen LogP contribution in [-0.4, -0.2) is 22.9 Å². The molecule has 136 valence electrons. The van der Waals surface area contributed by atoms with Crippen molar-refractivity contribution >= 4 is 34.0 Å². The largest absolute Gasteiger partial charge is 0.479 e. The molecule has 0 spiro atoms. The van der Waals surface area contributed by atoms with Gasteiger partial charge in [-0.15, -0.1) is 11.3 Å². The zero-order chi connectivity index (χ0) is 19.0. The van der Waals surface area contributed by atoms with Crippen molar-refractivity contribution in [3.8, 4) is 17.0 Å². The van der Waals surface area contributed by atoms with E-state index in [4.69, 9.17) is 4.74 Å². The molecule has 0 fully saturated rings. The first-order valence-corrected chi connectivity index (χ1v) is 9.02. The minimum Gasteiger partial charge on any atom is -0.479 e. The average molecular weight is 383 g/mol. The molecule has 0 saturated carbocycles. The highest BCUT2D eigenvalue weighted by Crippen LogP contribution is 2.35. The van der Waals surface area contributed by atoms with Gasteiger partial charge in [0.1, 0.15) is 11.6 Å². The van der Waals surface area contributed by atoms with Gasteiger partial charge in [-0.1, -0.05) is 6.07 Å². The lowest BCUT2D eigenvalue weighted by molar-refractivity contribution is -0.122. The molecule has 1 aliphatic rings. The van der Waals surface area contributed by atoms with Crippen molar-refractivity contribution < 1.29 is 18.7 Å². The highest BCUT2D eigenvalue weighted by molar-refractivity contribution is 7.14. The minimum absolute atomic E-state index is 0.207. The minimum atomic E-state index is -0.535. The second-order valence-corrected chi connectivity index (χ2v) is 6.82. The van der Waals surface area contributed by atoms with Gasteiger partial charge in [0.15, 0.2) is 11.2 Å². The Morgan fingerprint density at radius 2 is 2.15 bits per heavy atom. The molecule has 1 aromatic heterocycles. The maximum Gasteiger partial charge on any atom is 0.265 e. The average Bonchev–Trinajstić information content (AvgIpc) is 3.11. The van der Waals surface area contributed by atoms with Crippen molar-refractivity contribution in [2.75, 3.05) is 10.6 Å². The van der Waals surface area contributed by atoms with Crippen LogP contribution >= 0.6 is 11.3 Å². The van der Waals surface area contributed by atoms with Crippen molar-refractivity contribution in [1.29, 1.82) is 0 Å². The summed E-state index contributed by atoms with van der Waals surface area (Å²) >= 11 is 1.25. The van der Waals surface area contributed by atoms with Crippen LogP contribution in [0.5, 0.6) is 5.75 Å². The Bertz CT molecular complexity index is 1050. The summed E-state index contributed by atoms with van der Waals surface area (Å²) in [7, 11) is 0. The molecule has 2 N–H and O–H groups in total. The molecule has 3 aromatic rings. The van der Waals surface area contributed by atoms with E-state index >= 15 is 0 Å². The number of amides is 2. The zero-order valence-corrected chi connectivity index (χ0v) is 15.0. The number of hydrogen-bond donors (Lipinski definition) is 2. The Labute approximate surface area is 158 Å². The first-order chi connectivity index (χ1) is 13.0. The molecule has 1 atom stereocenters. The van der Waals surface area contributed by atoms with Crippen molar-refractivity contribution in [2.24, 2.45) is 0 Å². The van der Waals surface area contributed by atoms with E-state index in [0.29, 0.717) is 22.3 Å². The number of thiazole rings is 1. The number of aromatic nitrogens is 1. The van der Waals surface area contributed by atoms with E-state index < -0.39 is 17.8 Å². The van der Waals surface area contributed by atoms with E-state index in [0.717, 1.165) is 11.6 Å². The molecule has 6 nitrogen and oxygen atoms in total. The molecule has 2 aromatic carbocycles. The Balaban J connectivity index is 1.54. The van der Waals surface area contributed by atoms with Crippen LogP contribution < -0.4 is 15.4 Å². The van der Waals surface area contributed by atoms with Crippen LogP contribution in [0.1, 0.15) is 17.3 Å². The molecule has 0 radical (unpaired) electrons. The van der Waals surface area contributed by atoms with Gasteiger partial charge in [-0.25, -0.2) is 9.37 Å². The molecule has 2 heterocycles. The number of rotatable bonds is 3. The van der Waals surface area contributed by atoms with Crippen molar-refractivity contribution in [3.63, 3.8) is 0 Å². The highest BCUT2D eigenvalue weighted by atomic mass is 32.1. The number of carbonyl (C=O) groups excluding carboxylic acids is 2. The first kappa shape index (κ1) is 17.2. The second-order valence-electron chi connectivity index (χ2n) is 5.96. The van der Waals surface area contributed by atoms with Gasteiger partial charge < -0.3 is 10.1 Å². The van der Waals surface area contributed by atoms with Crippen LogP contribution in [0.4, 0.5) is 15.2 Å². The van der Waals surface area contributed by atoms with E-state index in [-0.39, 0.29) is 11.5 Å². The van der Waals surface area contributed by atoms with Gasteiger partial charge in [0.05, 0.1) is 11.4 Å². The number of anilines is 2. The van der Waals surface area contributed by atoms with Crippen LogP contribution in [0.2, 0.25) is 0 Å². The molecular weight excluding hydrogens is 369 g/mol. The lowest BCUT2D eigenvalue weighted by Crippen LogP contribution is -2.34. The maximum absolute atomic E-state index is 13.2. The molecule has 0 aliphatic carbocycles. The normalized spacial score (nSPS) is 15.5. The maximum atomic E-state index is 13.2. The van der Waals surface area contributed by atoms with Crippen LogP contribution in [0.3, 0.4) is 0 Å². The van der Waals surface area contributed by atoms with E-state index in [1.54, 1.807) is 24.4 Å². The van der Waals surface area contributed by atoms with Gasteiger partial charge in [0.25, 0.3) is 11.8 Å². The quantitative estimate of drug-likeness (QED) is 0.718. The fraction of sp³-hybridized carbons (Fsp3) is 0.105. The summed E-state index contributed by atoms with van der Waals surface area (Å²) in [5.41, 5.74) is 2.21. The number of nitrogens with zero attached hydrogens (tertiary/aromatic N) is 1. The lowest BCUT2D eigenvalue weighted by Gasteiger charge is -2.23. The summed E-state index contributed by atoms with van der Waals surface area (Å²) in [6.45, 7) is 1.68. The standard InChI is InChI=1S/C19H14FN3O3S/c1-10-17(24)21-14-8-11(5-6-16(14)26-10)15-9-27-19(22-15)23-18(25)12-3-2-4-13(20)7-12/h2-10H,1H3,(H,21,24)(H,22,23,25). The summed E-state index contributed by atoms with van der Waals surface area (Å²) in [4.78, 5) is 28.4. The Morgan fingerprint density at radius 1 is 1.30 bits per heavy atom. The number of ether oxygens (including phenoxy) is 1. The Hall–Kier alpha value is -3.26. The molecule has 8 heteroatoms. The lowest BCUT2D eigenvalue weighted by atomic mass is 10.1. The van der Waals surface area contributed by atoms with Gasteiger partial charge >= 0.3 is 0 Å². The third-order valence-corrected chi connectivity index (χ3v) is 4.78. The third-order valence-electron chi connectivity index (χ3n) is 4.02. The molecule has 2 amide bonds. The molecular formula is C19H14FN3O3S. The second kappa shape index (κ2) is 6.81. The zero-order valence-electron chi connectivity index (χ0n) is 14.2. The monoisotopic (exact) mass is 383 g/mol. The number of nitrogens with one attached hydrogen (secondary N) is 2. The number of benzene rings is 2. The summed E-state index contributed by atoms with van der Waals surface area (Å²) in [6, 6.07) is 10.8. The van der Waals surface area contributed by atoms with Crippen molar-refractivity contribution in [2.45, 2.75) is 13.0 Å². The number of carbonyl (C=O) groups is 2. The number of halogens is 1. The highest BCUT2D eigenvalue weighted by Gasteiger charge is 2.24. The van der Waals surface area contributed by atoms with Crippen LogP contribution in [-0.2, 0) is 4.79 Å². The summed E-state index contributed by atoms with van der Waals surface area (Å²) in [6.07, 6.45) is -0.535. The van der Waals surface area contributed by atoms with E-state index in [2.05, 4.69) is 15.6 Å². The number of hydrogen-bond acceptors (Lipinski definition) is 5. The summed E-state index contributed by atoms with van der Waals surface area (Å²) in [5.74, 6) is -0.521. The van der Waals surface area contributed by atoms with Gasteiger partial charge in [0, 0.05) is 16.5 Å². The fourth-order valence-electron chi connectivity index (χ4n) is 2.63. The smallest absolute Gasteiger partial charge is 0.265 e. The van der Waals surface area contributed by atoms with Crippen LogP contribution in [0, 0.1) is 5.82 Å². The molecule has 0 bridgehead atoms. The van der Waals surface area contributed by atoms with Gasteiger partial charge in [0.2, 0.25) is 0 Å². The van der Waals surface area contributed by atoms with Gasteiger partial charge in [-0.2, -0.15) is 0 Å². The van der Waals surface area contributed by atoms with Gasteiger partial charge in [-0.3, -0.25) is 14.9 Å². The topological polar surface area (TPSA) is 80.3 Å². The molecule has 0 saturated heterocycles. The van der Waals surface area contributed by atoms with E-state index in [1.165, 1.54) is 29.5 Å². The summed E-state index contributed by atoms with van der Waals surface area (Å²) < 4.78 is 18.8. The molecule has 27 heavy (non-hydrogen) atoms. The van der Waals surface area contributed by atoms with E-state index in [1.807, 2.05) is 6.07 Å². The molecule has 4 rings (SSSR count). The van der Waals surface area contributed by atoms with Crippen LogP contribution in [0.25, 0.3) is 11.3 Å². The fourth-order valence-corrected chi connectivity index (χ4v) is 3.35. The predicted octanol–water partition coefficient (Wildman–Crippen LogP) is 3.92. The van der Waals surface area contributed by atoms with Crippen molar-refractivity contribution in [3.05, 3.63) is 59.2 Å². The van der Waals surface area contributed by atoms with Crippen molar-refractivity contribution in [1.82, 2.24) is 4.98 Å². The number of fused-ring (bicyclic) bond motifs is 1. The van der Waals surface area contributed by atoms with Crippen LogP contribution in [0.15, 0.2) is 47.8 Å². The Morgan fingerprint density at radius 3 is 2.96 bits per heavy atom. The van der Waals surface area contributed by atoms with E-state index in [9.17, 15) is 14.0 Å². The third kappa shape index (κ3) is 3.52. The Kier molecular flexibility index (Phi) is 4.33.